The van der Waals surface area contributed by atoms with Crippen molar-refractivity contribution in [3.63, 3.8) is 0 Å². The van der Waals surface area contributed by atoms with E-state index in [1.807, 2.05) is 54.6 Å². The third kappa shape index (κ3) is 3.53. The molecule has 2 aromatic heterocycles. The molecule has 2 aromatic carbocycles. The number of hydrogen-bond acceptors (Lipinski definition) is 3. The maximum Gasteiger partial charge on any atom is 0.226 e. The van der Waals surface area contributed by atoms with E-state index < -0.39 is 0 Å². The molecule has 0 aliphatic heterocycles. The van der Waals surface area contributed by atoms with Crippen LogP contribution in [0, 0.1) is 5.21 Å². The van der Waals surface area contributed by atoms with E-state index in [1.165, 1.54) is 6.20 Å². The van der Waals surface area contributed by atoms with Gasteiger partial charge in [0.1, 0.15) is 0 Å². The lowest BCUT2D eigenvalue weighted by Crippen LogP contribution is -2.26. The Hall–Kier alpha value is -3.21. The van der Waals surface area contributed by atoms with Crippen LogP contribution in [0.15, 0.2) is 67.1 Å². The molecule has 0 aliphatic rings. The molecular formula is C22H21N3O2. The lowest BCUT2D eigenvalue weighted by atomic mass is 10.0. The maximum absolute atomic E-state index is 12.1. The molecule has 0 saturated heterocycles. The summed E-state index contributed by atoms with van der Waals surface area (Å²) in [5, 5.41) is 13.0. The van der Waals surface area contributed by atoms with Crippen LogP contribution in [0.5, 0.6) is 0 Å². The SMILES string of the molecule is O=C(CCCCCn1cnc2c[n+]([O-])c3ccccc3c21)c1ccccc1. The summed E-state index contributed by atoms with van der Waals surface area (Å²) in [6.07, 6.45) is 6.73. The average Bonchev–Trinajstić information content (AvgIpc) is 3.11. The molecule has 0 bridgehead atoms. The first-order chi connectivity index (χ1) is 13.2. The van der Waals surface area contributed by atoms with Crippen molar-refractivity contribution < 1.29 is 9.52 Å². The predicted molar refractivity (Wildman–Crippen MR) is 105 cm³/mol. The number of Topliss-reactive ketones (excluding diaryl/α,β-unsaturated/α-hetero) is 1. The number of aryl methyl sites for hydroxylation is 1. The summed E-state index contributed by atoms with van der Waals surface area (Å²) < 4.78 is 2.99. The smallest absolute Gasteiger partial charge is 0.226 e. The molecule has 5 nitrogen and oxygen atoms in total. The number of hydrogen-bond donors (Lipinski definition) is 0. The fourth-order valence-electron chi connectivity index (χ4n) is 3.51. The Morgan fingerprint density at radius 3 is 2.63 bits per heavy atom. The van der Waals surface area contributed by atoms with Gasteiger partial charge in [-0.3, -0.25) is 4.79 Å². The van der Waals surface area contributed by atoms with Crippen molar-refractivity contribution in [2.24, 2.45) is 0 Å². The lowest BCUT2D eigenvalue weighted by Gasteiger charge is -2.07. The molecule has 0 saturated carbocycles. The van der Waals surface area contributed by atoms with Crippen molar-refractivity contribution in [1.29, 1.82) is 0 Å². The average molecular weight is 359 g/mol. The number of pyridine rings is 1. The zero-order chi connectivity index (χ0) is 18.6. The molecule has 0 N–H and O–H groups in total. The van der Waals surface area contributed by atoms with Gasteiger partial charge in [-0.25, -0.2) is 4.98 Å². The quantitative estimate of drug-likeness (QED) is 0.214. The fourth-order valence-corrected chi connectivity index (χ4v) is 3.51. The molecule has 5 heteroatoms. The van der Waals surface area contributed by atoms with Gasteiger partial charge in [0, 0.05) is 24.6 Å². The summed E-state index contributed by atoms with van der Waals surface area (Å²) >= 11 is 0. The highest BCUT2D eigenvalue weighted by Gasteiger charge is 2.13. The van der Waals surface area contributed by atoms with Crippen LogP contribution in [0.4, 0.5) is 0 Å². The molecule has 27 heavy (non-hydrogen) atoms. The van der Waals surface area contributed by atoms with Crippen LogP contribution in [0.1, 0.15) is 36.0 Å². The summed E-state index contributed by atoms with van der Waals surface area (Å²) in [7, 11) is 0. The highest BCUT2D eigenvalue weighted by atomic mass is 16.5. The monoisotopic (exact) mass is 359 g/mol. The number of aromatic nitrogens is 3. The molecule has 0 radical (unpaired) electrons. The molecule has 0 unspecified atom stereocenters. The second kappa shape index (κ2) is 7.58. The highest BCUT2D eigenvalue weighted by molar-refractivity contribution is 6.00. The number of fused-ring (bicyclic) bond motifs is 3. The Morgan fingerprint density at radius 2 is 1.78 bits per heavy atom. The van der Waals surface area contributed by atoms with Crippen molar-refractivity contribution in [2.75, 3.05) is 0 Å². The largest absolute Gasteiger partial charge is 0.618 e. The molecule has 136 valence electrons. The van der Waals surface area contributed by atoms with Crippen molar-refractivity contribution in [1.82, 2.24) is 9.55 Å². The zero-order valence-corrected chi connectivity index (χ0v) is 15.0. The third-order valence-electron chi connectivity index (χ3n) is 4.90. The van der Waals surface area contributed by atoms with E-state index in [-0.39, 0.29) is 5.78 Å². The summed E-state index contributed by atoms with van der Waals surface area (Å²) in [4.78, 5) is 16.5. The van der Waals surface area contributed by atoms with Gasteiger partial charge in [0.2, 0.25) is 11.7 Å². The Balaban J connectivity index is 1.40. The van der Waals surface area contributed by atoms with Gasteiger partial charge in [-0.15, -0.1) is 0 Å². The van der Waals surface area contributed by atoms with E-state index in [1.54, 1.807) is 6.33 Å². The fraction of sp³-hybridized carbons (Fsp3) is 0.227. The van der Waals surface area contributed by atoms with Gasteiger partial charge in [-0.1, -0.05) is 48.9 Å². The van der Waals surface area contributed by atoms with Crippen LogP contribution in [0.2, 0.25) is 0 Å². The number of unbranched alkanes of at least 4 members (excludes halogenated alkanes) is 2. The van der Waals surface area contributed by atoms with Crippen LogP contribution < -0.4 is 4.73 Å². The van der Waals surface area contributed by atoms with E-state index in [2.05, 4.69) is 9.55 Å². The van der Waals surface area contributed by atoms with Crippen LogP contribution in [0.25, 0.3) is 21.9 Å². The van der Waals surface area contributed by atoms with E-state index in [0.717, 1.165) is 47.0 Å². The van der Waals surface area contributed by atoms with Crippen LogP contribution in [-0.4, -0.2) is 15.3 Å². The predicted octanol–water partition coefficient (Wildman–Crippen LogP) is 4.27. The molecule has 0 atom stereocenters. The molecule has 4 rings (SSSR count). The van der Waals surface area contributed by atoms with Crippen LogP contribution >= 0.6 is 0 Å². The normalized spacial score (nSPS) is 11.3. The number of ketones is 1. The van der Waals surface area contributed by atoms with Gasteiger partial charge in [-0.05, 0) is 18.9 Å². The minimum absolute atomic E-state index is 0.203. The minimum Gasteiger partial charge on any atom is -0.618 e. The zero-order valence-electron chi connectivity index (χ0n) is 15.0. The first kappa shape index (κ1) is 17.2. The topological polar surface area (TPSA) is 61.8 Å². The summed E-state index contributed by atoms with van der Waals surface area (Å²) in [6, 6.07) is 17.0. The number of para-hydroxylation sites is 1. The number of rotatable bonds is 7. The third-order valence-corrected chi connectivity index (χ3v) is 4.90. The summed E-state index contributed by atoms with van der Waals surface area (Å²) in [5.41, 5.74) is 3.15. The number of carbonyl (C=O) groups excluding carboxylic acids is 1. The number of benzene rings is 2. The van der Waals surface area contributed by atoms with Crippen molar-refractivity contribution in [2.45, 2.75) is 32.2 Å². The van der Waals surface area contributed by atoms with E-state index in [0.29, 0.717) is 17.5 Å². The first-order valence-electron chi connectivity index (χ1n) is 9.28. The Labute approximate surface area is 157 Å². The van der Waals surface area contributed by atoms with Gasteiger partial charge < -0.3 is 9.77 Å². The second-order valence-electron chi connectivity index (χ2n) is 6.74. The van der Waals surface area contributed by atoms with E-state index in [4.69, 9.17) is 0 Å². The number of nitrogens with zero attached hydrogens (tertiary/aromatic N) is 3. The van der Waals surface area contributed by atoms with Crippen LogP contribution in [-0.2, 0) is 6.54 Å². The molecule has 0 aliphatic carbocycles. The van der Waals surface area contributed by atoms with Gasteiger partial charge in [0.05, 0.1) is 17.2 Å². The Kier molecular flexibility index (Phi) is 4.83. The van der Waals surface area contributed by atoms with Gasteiger partial charge in [-0.2, -0.15) is 4.73 Å². The molecule has 0 spiro atoms. The number of carbonyl (C=O) groups is 1. The minimum atomic E-state index is 0.203. The molecule has 0 amide bonds. The molecule has 4 aromatic rings. The van der Waals surface area contributed by atoms with Crippen molar-refractivity contribution >= 4 is 27.7 Å². The van der Waals surface area contributed by atoms with Crippen LogP contribution in [0.3, 0.4) is 0 Å². The first-order valence-corrected chi connectivity index (χ1v) is 9.28. The Bertz CT molecular complexity index is 1090. The van der Waals surface area contributed by atoms with Crippen molar-refractivity contribution in [3.05, 3.63) is 77.9 Å². The highest BCUT2D eigenvalue weighted by Crippen LogP contribution is 2.22. The van der Waals surface area contributed by atoms with Gasteiger partial charge in [0.15, 0.2) is 11.3 Å². The molecular weight excluding hydrogens is 338 g/mol. The van der Waals surface area contributed by atoms with Gasteiger partial charge in [0.25, 0.3) is 0 Å². The second-order valence-corrected chi connectivity index (χ2v) is 6.74. The molecule has 0 fully saturated rings. The summed E-state index contributed by atoms with van der Waals surface area (Å²) in [6.45, 7) is 0.822. The lowest BCUT2D eigenvalue weighted by molar-refractivity contribution is -0.575. The maximum atomic E-state index is 12.1. The van der Waals surface area contributed by atoms with E-state index in [9.17, 15) is 10.0 Å². The van der Waals surface area contributed by atoms with Gasteiger partial charge >= 0.3 is 0 Å². The van der Waals surface area contributed by atoms with E-state index >= 15 is 0 Å². The number of imidazole rings is 1. The van der Waals surface area contributed by atoms with Crippen molar-refractivity contribution in [3.8, 4) is 0 Å². The molecule has 2 heterocycles. The Morgan fingerprint density at radius 1 is 1.00 bits per heavy atom. The summed E-state index contributed by atoms with van der Waals surface area (Å²) in [5.74, 6) is 0.203. The standard InChI is InChI=1S/C22H21N3O2/c26-21(17-9-3-1-4-10-17)13-5-2-8-14-24-16-23-19-15-25(27)20-12-7-6-11-18(20)22(19)24/h1,3-4,6-7,9-12,15-16H,2,5,8,13-14H2.